The van der Waals surface area contributed by atoms with Gasteiger partial charge in [0.1, 0.15) is 0 Å². The van der Waals surface area contributed by atoms with Gasteiger partial charge in [0.2, 0.25) is 0 Å². The summed E-state index contributed by atoms with van der Waals surface area (Å²) in [6.07, 6.45) is 16.5. The molecule has 0 unspecified atom stereocenters. The molecule has 0 spiro atoms. The maximum absolute atomic E-state index is 10.1. The quantitative estimate of drug-likeness (QED) is 0.414. The van der Waals surface area contributed by atoms with Crippen molar-refractivity contribution in [2.24, 2.45) is 11.3 Å². The van der Waals surface area contributed by atoms with Gasteiger partial charge in [0.25, 0.3) is 0 Å². The van der Waals surface area contributed by atoms with E-state index in [1.165, 1.54) is 25.7 Å². The summed E-state index contributed by atoms with van der Waals surface area (Å²) in [4.78, 5) is 10.1. The molecule has 0 aromatic heterocycles. The molecular weight excluding hydrogens is 328 g/mol. The van der Waals surface area contributed by atoms with Crippen molar-refractivity contribution in [3.05, 3.63) is 0 Å². The minimum absolute atomic E-state index is 0.328. The fourth-order valence-electron chi connectivity index (χ4n) is 3.77. The second kappa shape index (κ2) is 10.6. The van der Waals surface area contributed by atoms with Gasteiger partial charge in [-0.2, -0.15) is 0 Å². The van der Waals surface area contributed by atoms with Gasteiger partial charge in [0.05, 0.1) is 0 Å². The summed E-state index contributed by atoms with van der Waals surface area (Å²) in [6, 6.07) is 0. The molecule has 0 aromatic carbocycles. The fraction of sp³-hybridized carbons (Fsp3) is 0.944. The van der Waals surface area contributed by atoms with Crippen LogP contribution in [0.4, 0.5) is 0 Å². The number of halogens is 1. The summed E-state index contributed by atoms with van der Waals surface area (Å²) in [5, 5.41) is 9.37. The number of unbranched alkanes of at least 4 members (excludes halogenated alkanes) is 4. The lowest BCUT2D eigenvalue weighted by molar-refractivity contribution is -0.137. The van der Waals surface area contributed by atoms with Gasteiger partial charge in [-0.05, 0) is 62.7 Å². The summed E-state index contributed by atoms with van der Waals surface area (Å²) >= 11 is 3.35. The maximum Gasteiger partial charge on any atom is 0.303 e. The molecule has 1 N–H and O–H groups in total. The number of alkyl halides is 1. The Morgan fingerprint density at radius 2 is 1.57 bits per heavy atom. The third-order valence-corrected chi connectivity index (χ3v) is 6.08. The molecule has 124 valence electrons. The molecular formula is C18H33BrO2. The van der Waals surface area contributed by atoms with Gasteiger partial charge < -0.3 is 5.11 Å². The molecule has 3 aliphatic rings. The van der Waals surface area contributed by atoms with Crippen molar-refractivity contribution in [3.8, 4) is 0 Å². The van der Waals surface area contributed by atoms with Crippen molar-refractivity contribution in [1.29, 1.82) is 0 Å². The van der Waals surface area contributed by atoms with Crippen LogP contribution >= 0.6 is 15.9 Å². The van der Waals surface area contributed by atoms with Crippen LogP contribution in [0.25, 0.3) is 0 Å². The van der Waals surface area contributed by atoms with Gasteiger partial charge in [-0.25, -0.2) is 0 Å². The fourth-order valence-corrected chi connectivity index (χ4v) is 4.17. The molecule has 0 aliphatic heterocycles. The van der Waals surface area contributed by atoms with E-state index >= 15 is 0 Å². The number of carboxylic acid groups (broad SMARTS) is 1. The van der Waals surface area contributed by atoms with Crippen LogP contribution in [-0.4, -0.2) is 16.4 Å². The zero-order chi connectivity index (χ0) is 15.6. The lowest BCUT2D eigenvalue weighted by Crippen LogP contribution is -2.33. The Hall–Kier alpha value is -0.0500. The minimum atomic E-state index is -0.675. The van der Waals surface area contributed by atoms with E-state index in [-0.39, 0.29) is 0 Å². The molecule has 3 saturated carbocycles. The minimum Gasteiger partial charge on any atom is -0.481 e. The predicted octanol–water partition coefficient (Wildman–Crippen LogP) is 6.17. The third-order valence-electron chi connectivity index (χ3n) is 5.52. The Bertz CT molecular complexity index is 269. The molecule has 0 amide bonds. The molecule has 3 fully saturated rings. The van der Waals surface area contributed by atoms with Crippen LogP contribution < -0.4 is 0 Å². The number of hydrogen-bond donors (Lipinski definition) is 1. The zero-order valence-electron chi connectivity index (χ0n) is 13.7. The third kappa shape index (κ3) is 7.67. The van der Waals surface area contributed by atoms with E-state index in [0.717, 1.165) is 29.5 Å². The Kier molecular flexibility index (Phi) is 9.62. The molecule has 3 heteroatoms. The van der Waals surface area contributed by atoms with Crippen LogP contribution in [0.5, 0.6) is 0 Å². The number of carbonyl (C=O) groups is 1. The molecule has 2 nitrogen and oxygen atoms in total. The topological polar surface area (TPSA) is 37.3 Å². The van der Waals surface area contributed by atoms with Crippen molar-refractivity contribution >= 4 is 21.9 Å². The van der Waals surface area contributed by atoms with Gasteiger partial charge in [-0.15, -0.1) is 0 Å². The molecule has 0 radical (unpaired) electrons. The summed E-state index contributed by atoms with van der Waals surface area (Å²) < 4.78 is 0. The molecule has 0 saturated heterocycles. The number of aliphatic carboxylic acids is 1. The Morgan fingerprint density at radius 1 is 1.05 bits per heavy atom. The average Bonchev–Trinajstić information content (AvgIpc) is 2.53. The first kappa shape index (κ1) is 19.0. The highest BCUT2D eigenvalue weighted by atomic mass is 79.9. The molecule has 3 aliphatic carbocycles. The summed E-state index contributed by atoms with van der Waals surface area (Å²) in [6.45, 7) is 2.38. The van der Waals surface area contributed by atoms with Crippen LogP contribution in [0.2, 0.25) is 0 Å². The number of carboxylic acids is 1. The molecule has 21 heavy (non-hydrogen) atoms. The molecule has 2 bridgehead atoms. The second-order valence-electron chi connectivity index (χ2n) is 6.94. The van der Waals surface area contributed by atoms with E-state index in [1.54, 1.807) is 38.5 Å². The van der Waals surface area contributed by atoms with E-state index in [2.05, 4.69) is 22.9 Å². The smallest absolute Gasteiger partial charge is 0.303 e. The highest BCUT2D eigenvalue weighted by molar-refractivity contribution is 9.09. The number of rotatable bonds is 8. The first-order valence-corrected chi connectivity index (χ1v) is 10.0. The summed E-state index contributed by atoms with van der Waals surface area (Å²) in [7, 11) is 0. The van der Waals surface area contributed by atoms with Crippen LogP contribution in [0.3, 0.4) is 0 Å². The van der Waals surface area contributed by atoms with Crippen LogP contribution in [0, 0.1) is 11.3 Å². The van der Waals surface area contributed by atoms with E-state index in [0.29, 0.717) is 6.42 Å². The van der Waals surface area contributed by atoms with E-state index < -0.39 is 5.97 Å². The molecule has 0 aromatic rings. The normalized spacial score (nSPS) is 27.0. The largest absolute Gasteiger partial charge is 0.481 e. The van der Waals surface area contributed by atoms with E-state index in [1.807, 2.05) is 0 Å². The summed E-state index contributed by atoms with van der Waals surface area (Å²) in [5.74, 6) is 0.457. The highest BCUT2D eigenvalue weighted by Gasteiger charge is 2.38. The average molecular weight is 361 g/mol. The van der Waals surface area contributed by atoms with E-state index in [4.69, 9.17) is 5.11 Å². The van der Waals surface area contributed by atoms with Crippen LogP contribution in [0.15, 0.2) is 0 Å². The van der Waals surface area contributed by atoms with Crippen LogP contribution in [0.1, 0.15) is 90.4 Å². The summed E-state index contributed by atoms with van der Waals surface area (Å²) in [5.41, 5.74) is 0.828. The monoisotopic (exact) mass is 360 g/mol. The molecule has 3 rings (SSSR count). The van der Waals surface area contributed by atoms with Crippen LogP contribution in [-0.2, 0) is 4.79 Å². The van der Waals surface area contributed by atoms with Gasteiger partial charge in [-0.3, -0.25) is 4.79 Å². The first-order valence-electron chi connectivity index (χ1n) is 8.89. The second-order valence-corrected chi connectivity index (χ2v) is 7.73. The SMILES string of the molecule is CCC12CCC(CC1)CC2.O=C(O)CCCCCCCBr. The van der Waals surface area contributed by atoms with Gasteiger partial charge in [0, 0.05) is 11.8 Å². The molecule has 0 heterocycles. The molecule has 0 atom stereocenters. The number of hydrogen-bond acceptors (Lipinski definition) is 1. The standard InChI is InChI=1S/C10H18.C8H15BrO2/c1-2-10-6-3-9(4-7-10)5-8-10;9-7-5-3-1-2-4-6-8(10)11/h9H,2-8H2,1H3;1-7H2,(H,10,11). The number of fused-ring (bicyclic) bond motifs is 3. The van der Waals surface area contributed by atoms with Crippen molar-refractivity contribution in [1.82, 2.24) is 0 Å². The van der Waals surface area contributed by atoms with Crippen molar-refractivity contribution < 1.29 is 9.90 Å². The van der Waals surface area contributed by atoms with Gasteiger partial charge in [-0.1, -0.05) is 48.5 Å². The van der Waals surface area contributed by atoms with Gasteiger partial charge >= 0.3 is 5.97 Å². The Morgan fingerprint density at radius 3 is 2.00 bits per heavy atom. The van der Waals surface area contributed by atoms with E-state index in [9.17, 15) is 4.79 Å². The lowest BCUT2D eigenvalue weighted by atomic mass is 9.60. The zero-order valence-corrected chi connectivity index (χ0v) is 15.3. The predicted molar refractivity (Wildman–Crippen MR) is 93.0 cm³/mol. The Balaban J connectivity index is 0.000000210. The van der Waals surface area contributed by atoms with Crippen molar-refractivity contribution in [3.63, 3.8) is 0 Å². The first-order chi connectivity index (χ1) is 10.1. The maximum atomic E-state index is 10.1. The highest BCUT2D eigenvalue weighted by Crippen LogP contribution is 2.51. The van der Waals surface area contributed by atoms with Crippen molar-refractivity contribution in [2.45, 2.75) is 90.4 Å². The van der Waals surface area contributed by atoms with Gasteiger partial charge in [0.15, 0.2) is 0 Å². The van der Waals surface area contributed by atoms with Crippen molar-refractivity contribution in [2.75, 3.05) is 5.33 Å². The Labute approximate surface area is 139 Å². The lowest BCUT2D eigenvalue weighted by Gasteiger charge is -2.46.